The molecule has 0 bridgehead atoms. The van der Waals surface area contributed by atoms with Crippen LogP contribution in [0.1, 0.15) is 21.6 Å². The number of hydrogen-bond acceptors (Lipinski definition) is 5. The van der Waals surface area contributed by atoms with Gasteiger partial charge in [-0.2, -0.15) is 5.26 Å². The Morgan fingerprint density at radius 2 is 1.81 bits per heavy atom. The highest BCUT2D eigenvalue weighted by Crippen LogP contribution is 2.18. The molecule has 6 nitrogen and oxygen atoms in total. The second-order valence-electron chi connectivity index (χ2n) is 5.40. The van der Waals surface area contributed by atoms with E-state index in [-0.39, 0.29) is 11.6 Å². The number of nitrogens with zero attached hydrogens (tertiary/aromatic N) is 3. The molecule has 0 saturated carbocycles. The molecule has 0 saturated heterocycles. The predicted molar refractivity (Wildman–Crippen MR) is 99.1 cm³/mol. The van der Waals surface area contributed by atoms with Crippen molar-refractivity contribution in [3.05, 3.63) is 82.5 Å². The van der Waals surface area contributed by atoms with Crippen molar-refractivity contribution in [1.82, 2.24) is 15.5 Å². The van der Waals surface area contributed by atoms with E-state index >= 15 is 0 Å². The number of nitrogens with one attached hydrogen (secondary N) is 2. The number of amides is 1. The average Bonchev–Trinajstić information content (AvgIpc) is 2.68. The first kappa shape index (κ1) is 17.4. The zero-order valence-electron chi connectivity index (χ0n) is 13.6. The number of hydrogen-bond donors (Lipinski definition) is 2. The smallest absolute Gasteiger partial charge is 0.272 e. The van der Waals surface area contributed by atoms with Crippen LogP contribution in [0.25, 0.3) is 0 Å². The summed E-state index contributed by atoms with van der Waals surface area (Å²) in [5.41, 5.74) is 2.27. The van der Waals surface area contributed by atoms with E-state index in [1.165, 1.54) is 0 Å². The van der Waals surface area contributed by atoms with Crippen molar-refractivity contribution in [3.8, 4) is 6.07 Å². The minimum absolute atomic E-state index is 0.207. The Bertz CT molecular complexity index is 949. The molecular formula is C19H14ClN5O. The van der Waals surface area contributed by atoms with Crippen LogP contribution in [0.4, 0.5) is 11.5 Å². The van der Waals surface area contributed by atoms with Crippen LogP contribution in [-0.4, -0.2) is 16.1 Å². The van der Waals surface area contributed by atoms with E-state index in [9.17, 15) is 4.79 Å². The molecule has 0 fully saturated rings. The quantitative estimate of drug-likeness (QED) is 0.721. The van der Waals surface area contributed by atoms with Crippen molar-refractivity contribution < 1.29 is 4.79 Å². The lowest BCUT2D eigenvalue weighted by atomic mass is 10.2. The summed E-state index contributed by atoms with van der Waals surface area (Å²) >= 11 is 5.83. The van der Waals surface area contributed by atoms with Gasteiger partial charge in [0, 0.05) is 11.6 Å². The number of rotatable bonds is 5. The largest absolute Gasteiger partial charge is 0.347 e. The van der Waals surface area contributed by atoms with Gasteiger partial charge in [0.25, 0.3) is 5.91 Å². The molecule has 7 heteroatoms. The highest BCUT2D eigenvalue weighted by Gasteiger charge is 2.09. The van der Waals surface area contributed by atoms with Crippen LogP contribution in [0.3, 0.4) is 0 Å². The Kier molecular flexibility index (Phi) is 5.42. The Morgan fingerprint density at radius 1 is 1.04 bits per heavy atom. The van der Waals surface area contributed by atoms with Crippen molar-refractivity contribution in [2.75, 3.05) is 5.32 Å². The minimum Gasteiger partial charge on any atom is -0.347 e. The number of halogens is 1. The number of carbonyl (C=O) groups is 1. The molecule has 1 aromatic heterocycles. The predicted octanol–water partition coefficient (Wildman–Crippen LogP) is 3.68. The average molecular weight is 364 g/mol. The molecule has 1 heterocycles. The number of para-hydroxylation sites is 1. The lowest BCUT2D eigenvalue weighted by molar-refractivity contribution is 0.0945. The summed E-state index contributed by atoms with van der Waals surface area (Å²) in [6.45, 7) is 0.368. The summed E-state index contributed by atoms with van der Waals surface area (Å²) in [5.74, 6) is 0.123. The van der Waals surface area contributed by atoms with Crippen molar-refractivity contribution >= 4 is 29.0 Å². The highest BCUT2D eigenvalue weighted by atomic mass is 35.5. The van der Waals surface area contributed by atoms with Gasteiger partial charge >= 0.3 is 0 Å². The van der Waals surface area contributed by atoms with Gasteiger partial charge in [-0.25, -0.2) is 0 Å². The SMILES string of the molecule is N#Cc1ccccc1Nc1ccc(C(=O)NCc2ccc(Cl)cc2)nn1. The third-order valence-electron chi connectivity index (χ3n) is 3.57. The fourth-order valence-corrected chi connectivity index (χ4v) is 2.35. The topological polar surface area (TPSA) is 90.7 Å². The third-order valence-corrected chi connectivity index (χ3v) is 3.83. The van der Waals surface area contributed by atoms with Gasteiger partial charge in [-0.15, -0.1) is 10.2 Å². The van der Waals surface area contributed by atoms with E-state index in [4.69, 9.17) is 16.9 Å². The lowest BCUT2D eigenvalue weighted by Gasteiger charge is -2.08. The first-order chi connectivity index (χ1) is 12.7. The van der Waals surface area contributed by atoms with Crippen molar-refractivity contribution in [3.63, 3.8) is 0 Å². The van der Waals surface area contributed by atoms with Gasteiger partial charge in [-0.3, -0.25) is 4.79 Å². The third kappa shape index (κ3) is 4.35. The van der Waals surface area contributed by atoms with Crippen LogP contribution >= 0.6 is 11.6 Å². The molecule has 0 aliphatic rings. The summed E-state index contributed by atoms with van der Waals surface area (Å²) in [6, 6.07) is 19.6. The summed E-state index contributed by atoms with van der Waals surface area (Å²) in [6.07, 6.45) is 0. The van der Waals surface area contributed by atoms with Gasteiger partial charge < -0.3 is 10.6 Å². The Hall–Kier alpha value is -3.43. The molecule has 0 atom stereocenters. The first-order valence-electron chi connectivity index (χ1n) is 7.78. The Morgan fingerprint density at radius 3 is 2.50 bits per heavy atom. The minimum atomic E-state index is -0.323. The van der Waals surface area contributed by atoms with Gasteiger partial charge in [-0.1, -0.05) is 35.9 Å². The lowest BCUT2D eigenvalue weighted by Crippen LogP contribution is -2.24. The molecule has 0 radical (unpaired) electrons. The van der Waals surface area contributed by atoms with E-state index in [0.717, 1.165) is 5.56 Å². The molecule has 26 heavy (non-hydrogen) atoms. The van der Waals surface area contributed by atoms with Crippen LogP contribution < -0.4 is 10.6 Å². The fourth-order valence-electron chi connectivity index (χ4n) is 2.22. The first-order valence-corrected chi connectivity index (χ1v) is 8.16. The van der Waals surface area contributed by atoms with Gasteiger partial charge in [-0.05, 0) is 42.0 Å². The maximum Gasteiger partial charge on any atom is 0.272 e. The highest BCUT2D eigenvalue weighted by molar-refractivity contribution is 6.30. The zero-order chi connectivity index (χ0) is 18.4. The van der Waals surface area contributed by atoms with Crippen LogP contribution in [-0.2, 0) is 6.54 Å². The van der Waals surface area contributed by atoms with Crippen molar-refractivity contribution in [2.24, 2.45) is 0 Å². The number of aromatic nitrogens is 2. The van der Waals surface area contributed by atoms with Gasteiger partial charge in [0.15, 0.2) is 11.5 Å². The summed E-state index contributed by atoms with van der Waals surface area (Å²) in [4.78, 5) is 12.2. The van der Waals surface area contributed by atoms with E-state index in [2.05, 4.69) is 26.9 Å². The second-order valence-corrected chi connectivity index (χ2v) is 5.83. The van der Waals surface area contributed by atoms with E-state index in [0.29, 0.717) is 28.6 Å². The van der Waals surface area contributed by atoms with Gasteiger partial charge in [0.1, 0.15) is 6.07 Å². The molecule has 0 spiro atoms. The van der Waals surface area contributed by atoms with Crippen LogP contribution in [0, 0.1) is 11.3 Å². The van der Waals surface area contributed by atoms with Crippen molar-refractivity contribution in [1.29, 1.82) is 5.26 Å². The zero-order valence-corrected chi connectivity index (χ0v) is 14.4. The molecular weight excluding hydrogens is 350 g/mol. The molecule has 2 N–H and O–H groups in total. The Balaban J connectivity index is 1.62. The van der Waals surface area contributed by atoms with Crippen LogP contribution in [0.2, 0.25) is 5.02 Å². The molecule has 3 rings (SSSR count). The molecule has 0 aliphatic heterocycles. The van der Waals surface area contributed by atoms with Crippen molar-refractivity contribution in [2.45, 2.75) is 6.54 Å². The summed E-state index contributed by atoms with van der Waals surface area (Å²) in [7, 11) is 0. The maximum absolute atomic E-state index is 12.2. The molecule has 0 aliphatic carbocycles. The van der Waals surface area contributed by atoms with Gasteiger partial charge in [0.2, 0.25) is 0 Å². The standard InChI is InChI=1S/C19H14ClN5O/c20-15-7-5-13(6-8-15)12-22-19(26)17-9-10-18(25-24-17)23-16-4-2-1-3-14(16)11-21/h1-10H,12H2,(H,22,26)(H,23,25). The molecule has 2 aromatic carbocycles. The summed E-state index contributed by atoms with van der Waals surface area (Å²) < 4.78 is 0. The Labute approximate surface area is 155 Å². The normalized spacial score (nSPS) is 10.0. The monoisotopic (exact) mass is 363 g/mol. The van der Waals surface area contributed by atoms with Crippen LogP contribution in [0.5, 0.6) is 0 Å². The molecule has 3 aromatic rings. The molecule has 1 amide bonds. The number of nitriles is 1. The molecule has 0 unspecified atom stereocenters. The van der Waals surface area contributed by atoms with Crippen LogP contribution in [0.15, 0.2) is 60.7 Å². The van der Waals surface area contributed by atoms with E-state index in [1.54, 1.807) is 42.5 Å². The number of benzene rings is 2. The van der Waals surface area contributed by atoms with E-state index < -0.39 is 0 Å². The van der Waals surface area contributed by atoms with E-state index in [1.807, 2.05) is 18.2 Å². The maximum atomic E-state index is 12.2. The number of anilines is 2. The number of carbonyl (C=O) groups excluding carboxylic acids is 1. The molecule has 128 valence electrons. The fraction of sp³-hybridized carbons (Fsp3) is 0.0526. The summed E-state index contributed by atoms with van der Waals surface area (Å²) in [5, 5.41) is 23.4. The van der Waals surface area contributed by atoms with Gasteiger partial charge in [0.05, 0.1) is 11.3 Å². The second kappa shape index (κ2) is 8.10.